The van der Waals surface area contributed by atoms with Gasteiger partial charge in [-0.25, -0.2) is 0 Å². The van der Waals surface area contributed by atoms with Crippen molar-refractivity contribution < 1.29 is 9.32 Å². The summed E-state index contributed by atoms with van der Waals surface area (Å²) in [6.45, 7) is 4.33. The van der Waals surface area contributed by atoms with E-state index in [1.54, 1.807) is 13.0 Å². The second kappa shape index (κ2) is 8.08. The molecule has 17 heavy (non-hydrogen) atoms. The molecule has 1 aromatic rings. The number of unbranched alkanes of at least 4 members (excludes halogenated alkanes) is 1. The Morgan fingerprint density at radius 3 is 2.82 bits per heavy atom. The maximum atomic E-state index is 11.7. The highest BCUT2D eigenvalue weighted by molar-refractivity contribution is 5.91. The van der Waals surface area contributed by atoms with Gasteiger partial charge in [-0.15, -0.1) is 12.4 Å². The van der Waals surface area contributed by atoms with Crippen LogP contribution in [0.1, 0.15) is 42.4 Å². The number of nitrogens with one attached hydrogen (secondary N) is 1. The van der Waals surface area contributed by atoms with Gasteiger partial charge >= 0.3 is 0 Å². The summed E-state index contributed by atoms with van der Waals surface area (Å²) in [5.41, 5.74) is 6.28. The number of rotatable bonds is 6. The van der Waals surface area contributed by atoms with Crippen LogP contribution in [0.3, 0.4) is 0 Å². The van der Waals surface area contributed by atoms with Crippen molar-refractivity contribution in [2.24, 2.45) is 5.73 Å². The maximum Gasteiger partial charge on any atom is 0.290 e. The highest BCUT2D eigenvalue weighted by Crippen LogP contribution is 2.04. The fourth-order valence-corrected chi connectivity index (χ4v) is 1.43. The number of halogens is 1. The van der Waals surface area contributed by atoms with Crippen LogP contribution in [-0.4, -0.2) is 23.7 Å². The van der Waals surface area contributed by atoms with Crippen LogP contribution in [0.25, 0.3) is 0 Å². The third-order valence-electron chi connectivity index (χ3n) is 2.38. The van der Waals surface area contributed by atoms with Crippen molar-refractivity contribution in [2.45, 2.75) is 39.2 Å². The third kappa shape index (κ3) is 5.19. The Balaban J connectivity index is 0.00000256. The summed E-state index contributed by atoms with van der Waals surface area (Å²) >= 11 is 0. The molecule has 0 aromatic carbocycles. The molecule has 0 aliphatic heterocycles. The minimum atomic E-state index is -0.243. The first-order valence-electron chi connectivity index (χ1n) is 5.61. The normalized spacial score (nSPS) is 11.7. The number of aryl methyl sites for hydroxylation is 1. The third-order valence-corrected chi connectivity index (χ3v) is 2.38. The molecule has 1 atom stereocenters. The van der Waals surface area contributed by atoms with Crippen molar-refractivity contribution in [2.75, 3.05) is 6.54 Å². The van der Waals surface area contributed by atoms with Gasteiger partial charge in [0.1, 0.15) is 0 Å². The molecule has 0 saturated heterocycles. The van der Waals surface area contributed by atoms with Crippen molar-refractivity contribution in [3.63, 3.8) is 0 Å². The molecule has 0 bridgehead atoms. The number of nitrogens with zero attached hydrogens (tertiary/aromatic N) is 1. The molecule has 1 unspecified atom stereocenters. The molecule has 0 fully saturated rings. The first kappa shape index (κ1) is 15.9. The summed E-state index contributed by atoms with van der Waals surface area (Å²) < 4.78 is 4.87. The molecule has 6 heteroatoms. The highest BCUT2D eigenvalue weighted by atomic mass is 35.5. The Bertz CT molecular complexity index is 341. The molecule has 0 radical (unpaired) electrons. The van der Waals surface area contributed by atoms with Crippen molar-refractivity contribution in [1.82, 2.24) is 10.5 Å². The van der Waals surface area contributed by atoms with Crippen LogP contribution in [0, 0.1) is 6.92 Å². The molecule has 1 aromatic heterocycles. The lowest BCUT2D eigenvalue weighted by atomic mass is 10.1. The van der Waals surface area contributed by atoms with E-state index in [2.05, 4.69) is 17.4 Å². The van der Waals surface area contributed by atoms with E-state index >= 15 is 0 Å². The first-order valence-corrected chi connectivity index (χ1v) is 5.61. The van der Waals surface area contributed by atoms with E-state index in [0.717, 1.165) is 19.3 Å². The summed E-state index contributed by atoms with van der Waals surface area (Å²) in [5, 5.41) is 6.50. The summed E-state index contributed by atoms with van der Waals surface area (Å²) in [4.78, 5) is 11.7. The van der Waals surface area contributed by atoms with Gasteiger partial charge in [0.2, 0.25) is 5.76 Å². The number of amides is 1. The number of aromatic nitrogens is 1. The zero-order valence-electron chi connectivity index (χ0n) is 10.2. The zero-order valence-corrected chi connectivity index (χ0v) is 11.0. The van der Waals surface area contributed by atoms with Gasteiger partial charge in [0.25, 0.3) is 5.91 Å². The topological polar surface area (TPSA) is 81.1 Å². The van der Waals surface area contributed by atoms with Crippen LogP contribution in [0.4, 0.5) is 0 Å². The molecule has 0 aliphatic rings. The smallest absolute Gasteiger partial charge is 0.290 e. The molecule has 1 heterocycles. The predicted molar refractivity (Wildman–Crippen MR) is 68.3 cm³/mol. The summed E-state index contributed by atoms with van der Waals surface area (Å²) in [6.07, 6.45) is 3.04. The Labute approximate surface area is 108 Å². The number of carbonyl (C=O) groups is 1. The lowest BCUT2D eigenvalue weighted by Gasteiger charge is -2.14. The van der Waals surface area contributed by atoms with Crippen LogP contribution in [0.2, 0.25) is 0 Å². The molecule has 98 valence electrons. The van der Waals surface area contributed by atoms with Crippen molar-refractivity contribution in [3.05, 3.63) is 17.5 Å². The fourth-order valence-electron chi connectivity index (χ4n) is 1.43. The number of carbonyl (C=O) groups excluding carboxylic acids is 1. The van der Waals surface area contributed by atoms with E-state index in [0.29, 0.717) is 12.2 Å². The predicted octanol–water partition coefficient (Wildman–Crippen LogP) is 1.65. The Morgan fingerprint density at radius 1 is 1.65 bits per heavy atom. The Hall–Kier alpha value is -1.07. The van der Waals surface area contributed by atoms with Crippen LogP contribution in [0.15, 0.2) is 10.6 Å². The van der Waals surface area contributed by atoms with Gasteiger partial charge in [-0.1, -0.05) is 24.9 Å². The highest BCUT2D eigenvalue weighted by Gasteiger charge is 2.15. The summed E-state index contributed by atoms with van der Waals surface area (Å²) in [6, 6.07) is 1.63. The number of nitrogens with two attached hydrogens (primary N) is 1. The van der Waals surface area contributed by atoms with Gasteiger partial charge in [0.05, 0.1) is 5.69 Å². The van der Waals surface area contributed by atoms with Gasteiger partial charge in [0, 0.05) is 18.7 Å². The Kier molecular flexibility index (Phi) is 7.58. The van der Waals surface area contributed by atoms with Gasteiger partial charge in [0.15, 0.2) is 0 Å². The quantitative estimate of drug-likeness (QED) is 0.816. The van der Waals surface area contributed by atoms with E-state index in [1.165, 1.54) is 0 Å². The zero-order chi connectivity index (χ0) is 12.0. The van der Waals surface area contributed by atoms with Gasteiger partial charge in [-0.3, -0.25) is 4.79 Å². The molecule has 0 spiro atoms. The van der Waals surface area contributed by atoms with Gasteiger partial charge < -0.3 is 15.6 Å². The van der Waals surface area contributed by atoms with E-state index < -0.39 is 0 Å². The average molecular weight is 262 g/mol. The van der Waals surface area contributed by atoms with Crippen molar-refractivity contribution in [1.29, 1.82) is 0 Å². The second-order valence-electron chi connectivity index (χ2n) is 3.88. The van der Waals surface area contributed by atoms with E-state index in [-0.39, 0.29) is 30.1 Å². The minimum Gasteiger partial charge on any atom is -0.351 e. The molecule has 0 aliphatic carbocycles. The van der Waals surface area contributed by atoms with Crippen LogP contribution in [0.5, 0.6) is 0 Å². The Morgan fingerprint density at radius 2 is 2.35 bits per heavy atom. The maximum absolute atomic E-state index is 11.7. The minimum absolute atomic E-state index is 0. The van der Waals surface area contributed by atoms with Crippen LogP contribution >= 0.6 is 12.4 Å². The van der Waals surface area contributed by atoms with E-state index in [9.17, 15) is 4.79 Å². The molecule has 5 nitrogen and oxygen atoms in total. The largest absolute Gasteiger partial charge is 0.351 e. The lowest BCUT2D eigenvalue weighted by Crippen LogP contribution is -2.40. The SMILES string of the molecule is CCCCC(CN)NC(=O)c1cc(C)no1.Cl. The molecule has 3 N–H and O–H groups in total. The van der Waals surface area contributed by atoms with E-state index in [1.807, 2.05) is 0 Å². The average Bonchev–Trinajstić information content (AvgIpc) is 2.70. The van der Waals surface area contributed by atoms with Gasteiger partial charge in [-0.2, -0.15) is 0 Å². The summed E-state index contributed by atoms with van der Waals surface area (Å²) in [7, 11) is 0. The fraction of sp³-hybridized carbons (Fsp3) is 0.636. The number of hydrogen-bond acceptors (Lipinski definition) is 4. The molecule has 1 amide bonds. The molecule has 1 rings (SSSR count). The van der Waals surface area contributed by atoms with Crippen molar-refractivity contribution in [3.8, 4) is 0 Å². The monoisotopic (exact) mass is 261 g/mol. The number of hydrogen-bond donors (Lipinski definition) is 2. The van der Waals surface area contributed by atoms with Crippen LogP contribution < -0.4 is 11.1 Å². The lowest BCUT2D eigenvalue weighted by molar-refractivity contribution is 0.0898. The van der Waals surface area contributed by atoms with Crippen molar-refractivity contribution >= 4 is 18.3 Å². The molecular formula is C11H20ClN3O2. The molecule has 0 saturated carbocycles. The van der Waals surface area contributed by atoms with E-state index in [4.69, 9.17) is 10.3 Å². The molecular weight excluding hydrogens is 242 g/mol. The van der Waals surface area contributed by atoms with Crippen LogP contribution in [-0.2, 0) is 0 Å². The second-order valence-corrected chi connectivity index (χ2v) is 3.88. The summed E-state index contributed by atoms with van der Waals surface area (Å²) in [5.74, 6) is -0.000369. The standard InChI is InChI=1S/C11H19N3O2.ClH/c1-3-4-5-9(7-12)13-11(15)10-6-8(2)14-16-10;/h6,9H,3-5,7,12H2,1-2H3,(H,13,15);1H. The van der Waals surface area contributed by atoms with Gasteiger partial charge in [-0.05, 0) is 13.3 Å². The first-order chi connectivity index (χ1) is 7.67.